The standard InChI is InChI=1S/C20H13F2N3O2/c21-13-6-3-12(4-7-13)5-8-16-14-10-18(15(22)11-17(14)25-24-16)23-20(26)19-2-1-9-27-19/h1-11H,(H,23,26)(H,24,25)/b8-5+. The summed E-state index contributed by atoms with van der Waals surface area (Å²) in [6.45, 7) is 0. The summed E-state index contributed by atoms with van der Waals surface area (Å²) < 4.78 is 32.3. The Hall–Kier alpha value is -3.74. The molecule has 2 aromatic carbocycles. The first-order valence-corrected chi connectivity index (χ1v) is 8.06. The lowest BCUT2D eigenvalue weighted by atomic mass is 10.1. The summed E-state index contributed by atoms with van der Waals surface area (Å²) in [6, 6.07) is 11.8. The minimum absolute atomic E-state index is 0.0155. The molecule has 134 valence electrons. The molecule has 4 rings (SSSR count). The van der Waals surface area contributed by atoms with E-state index in [2.05, 4.69) is 15.5 Å². The molecule has 5 nitrogen and oxygen atoms in total. The van der Waals surface area contributed by atoms with Crippen LogP contribution in [-0.2, 0) is 0 Å². The average molecular weight is 365 g/mol. The third-order valence-electron chi connectivity index (χ3n) is 3.98. The molecule has 2 heterocycles. The number of nitrogens with one attached hydrogen (secondary N) is 2. The third kappa shape index (κ3) is 3.48. The van der Waals surface area contributed by atoms with Gasteiger partial charge in [-0.15, -0.1) is 0 Å². The Morgan fingerprint density at radius 1 is 1.11 bits per heavy atom. The smallest absolute Gasteiger partial charge is 0.291 e. The van der Waals surface area contributed by atoms with Gasteiger partial charge in [0, 0.05) is 11.5 Å². The number of aromatic amines is 1. The Morgan fingerprint density at radius 3 is 2.67 bits per heavy atom. The molecule has 0 saturated heterocycles. The molecule has 0 fully saturated rings. The Labute approximate surface area is 152 Å². The van der Waals surface area contributed by atoms with Crippen LogP contribution in [0.4, 0.5) is 14.5 Å². The maximum atomic E-state index is 14.3. The molecule has 0 aliphatic rings. The molecule has 0 radical (unpaired) electrons. The zero-order valence-corrected chi connectivity index (χ0v) is 13.9. The van der Waals surface area contributed by atoms with E-state index in [-0.39, 0.29) is 17.3 Å². The van der Waals surface area contributed by atoms with Gasteiger partial charge in [0.05, 0.1) is 23.2 Å². The normalized spacial score (nSPS) is 11.3. The predicted molar refractivity (Wildman–Crippen MR) is 98.0 cm³/mol. The van der Waals surface area contributed by atoms with Gasteiger partial charge in [0.25, 0.3) is 5.91 Å². The molecular formula is C20H13F2N3O2. The molecule has 0 bridgehead atoms. The number of hydrogen-bond acceptors (Lipinski definition) is 3. The molecule has 2 N–H and O–H groups in total. The van der Waals surface area contributed by atoms with Crippen molar-refractivity contribution in [1.29, 1.82) is 0 Å². The van der Waals surface area contributed by atoms with Crippen LogP contribution >= 0.6 is 0 Å². The van der Waals surface area contributed by atoms with Gasteiger partial charge in [0.15, 0.2) is 5.76 Å². The van der Waals surface area contributed by atoms with Crippen molar-refractivity contribution in [2.75, 3.05) is 5.32 Å². The monoisotopic (exact) mass is 365 g/mol. The predicted octanol–water partition coefficient (Wildman–Crippen LogP) is 4.86. The van der Waals surface area contributed by atoms with E-state index in [0.717, 1.165) is 5.56 Å². The number of fused-ring (bicyclic) bond motifs is 1. The molecule has 0 unspecified atom stereocenters. The lowest BCUT2D eigenvalue weighted by Gasteiger charge is -2.05. The summed E-state index contributed by atoms with van der Waals surface area (Å²) in [4.78, 5) is 12.1. The van der Waals surface area contributed by atoms with Crippen molar-refractivity contribution in [3.05, 3.63) is 83.4 Å². The number of aromatic nitrogens is 2. The number of hydrogen-bond donors (Lipinski definition) is 2. The van der Waals surface area contributed by atoms with E-state index in [1.165, 1.54) is 36.6 Å². The molecule has 2 aromatic heterocycles. The number of carbonyl (C=O) groups excluding carboxylic acids is 1. The van der Waals surface area contributed by atoms with Gasteiger partial charge in [-0.3, -0.25) is 9.89 Å². The van der Waals surface area contributed by atoms with Crippen molar-refractivity contribution >= 4 is 34.6 Å². The van der Waals surface area contributed by atoms with Crippen LogP contribution in [0, 0.1) is 11.6 Å². The highest BCUT2D eigenvalue weighted by Gasteiger charge is 2.14. The van der Waals surface area contributed by atoms with E-state index in [0.29, 0.717) is 16.6 Å². The molecule has 0 spiro atoms. The number of carbonyl (C=O) groups is 1. The van der Waals surface area contributed by atoms with E-state index in [4.69, 9.17) is 4.42 Å². The topological polar surface area (TPSA) is 70.9 Å². The zero-order valence-electron chi connectivity index (χ0n) is 13.9. The van der Waals surface area contributed by atoms with Crippen molar-refractivity contribution in [2.24, 2.45) is 0 Å². The molecule has 4 aromatic rings. The zero-order chi connectivity index (χ0) is 18.8. The number of H-pyrrole nitrogens is 1. The fourth-order valence-electron chi connectivity index (χ4n) is 2.62. The van der Waals surface area contributed by atoms with E-state index in [1.54, 1.807) is 30.4 Å². The van der Waals surface area contributed by atoms with Crippen LogP contribution in [0.1, 0.15) is 21.8 Å². The summed E-state index contributed by atoms with van der Waals surface area (Å²) >= 11 is 0. The van der Waals surface area contributed by atoms with Gasteiger partial charge >= 0.3 is 0 Å². The van der Waals surface area contributed by atoms with E-state index in [9.17, 15) is 13.6 Å². The lowest BCUT2D eigenvalue weighted by molar-refractivity contribution is 0.0996. The Morgan fingerprint density at radius 2 is 1.93 bits per heavy atom. The summed E-state index contributed by atoms with van der Waals surface area (Å²) in [5.74, 6) is -1.38. The summed E-state index contributed by atoms with van der Waals surface area (Å²) in [6.07, 6.45) is 4.85. The van der Waals surface area contributed by atoms with Gasteiger partial charge in [-0.25, -0.2) is 8.78 Å². The minimum Gasteiger partial charge on any atom is -0.459 e. The van der Waals surface area contributed by atoms with Crippen molar-refractivity contribution in [1.82, 2.24) is 10.2 Å². The third-order valence-corrected chi connectivity index (χ3v) is 3.98. The van der Waals surface area contributed by atoms with E-state index >= 15 is 0 Å². The number of amides is 1. The Kier molecular flexibility index (Phi) is 4.25. The Bertz CT molecular complexity index is 1130. The van der Waals surface area contributed by atoms with Gasteiger partial charge < -0.3 is 9.73 Å². The van der Waals surface area contributed by atoms with Gasteiger partial charge in [0.2, 0.25) is 0 Å². The second-order valence-electron chi connectivity index (χ2n) is 5.80. The molecule has 27 heavy (non-hydrogen) atoms. The largest absolute Gasteiger partial charge is 0.459 e. The van der Waals surface area contributed by atoms with Crippen LogP contribution in [0.25, 0.3) is 23.1 Å². The lowest BCUT2D eigenvalue weighted by Crippen LogP contribution is -2.12. The molecule has 7 heteroatoms. The van der Waals surface area contributed by atoms with Gasteiger partial charge in [0.1, 0.15) is 11.6 Å². The quantitative estimate of drug-likeness (QED) is 0.543. The number of benzene rings is 2. The molecule has 0 aliphatic heterocycles. The highest BCUT2D eigenvalue weighted by Crippen LogP contribution is 2.26. The minimum atomic E-state index is -0.597. The van der Waals surface area contributed by atoms with Crippen LogP contribution < -0.4 is 5.32 Å². The van der Waals surface area contributed by atoms with Crippen molar-refractivity contribution in [3.8, 4) is 0 Å². The second kappa shape index (κ2) is 6.87. The molecule has 0 aliphatic carbocycles. The molecule has 0 atom stereocenters. The van der Waals surface area contributed by atoms with Crippen molar-refractivity contribution in [3.63, 3.8) is 0 Å². The highest BCUT2D eigenvalue weighted by molar-refractivity contribution is 6.03. The summed E-state index contributed by atoms with van der Waals surface area (Å²) in [5, 5.41) is 10.0. The first kappa shape index (κ1) is 16.7. The number of furan rings is 1. The fourth-order valence-corrected chi connectivity index (χ4v) is 2.62. The van der Waals surface area contributed by atoms with Crippen LogP contribution in [0.2, 0.25) is 0 Å². The number of anilines is 1. The second-order valence-corrected chi connectivity index (χ2v) is 5.80. The number of nitrogens with zero attached hydrogens (tertiary/aromatic N) is 1. The van der Waals surface area contributed by atoms with E-state index in [1.807, 2.05) is 0 Å². The molecule has 1 amide bonds. The van der Waals surface area contributed by atoms with Crippen LogP contribution in [0.15, 0.2) is 59.2 Å². The van der Waals surface area contributed by atoms with Crippen LogP contribution in [-0.4, -0.2) is 16.1 Å². The molecule has 0 saturated carbocycles. The number of rotatable bonds is 4. The summed E-state index contributed by atoms with van der Waals surface area (Å²) in [5.41, 5.74) is 1.85. The molecular weight excluding hydrogens is 352 g/mol. The summed E-state index contributed by atoms with van der Waals surface area (Å²) in [7, 11) is 0. The highest BCUT2D eigenvalue weighted by atomic mass is 19.1. The van der Waals surface area contributed by atoms with Crippen molar-refractivity contribution < 1.29 is 18.0 Å². The maximum Gasteiger partial charge on any atom is 0.291 e. The average Bonchev–Trinajstić information content (AvgIpc) is 3.32. The van der Waals surface area contributed by atoms with Gasteiger partial charge in [-0.05, 0) is 42.0 Å². The van der Waals surface area contributed by atoms with Gasteiger partial charge in [-0.1, -0.05) is 18.2 Å². The number of halogens is 2. The van der Waals surface area contributed by atoms with Crippen LogP contribution in [0.5, 0.6) is 0 Å². The van der Waals surface area contributed by atoms with E-state index < -0.39 is 11.7 Å². The maximum absolute atomic E-state index is 14.3. The SMILES string of the molecule is O=C(Nc1cc2c(/C=C/c3ccc(F)cc3)n[nH]c2cc1F)c1ccco1. The fraction of sp³-hybridized carbons (Fsp3) is 0. The Balaban J connectivity index is 1.65. The van der Waals surface area contributed by atoms with Gasteiger partial charge in [-0.2, -0.15) is 5.10 Å². The first-order chi connectivity index (χ1) is 13.1. The first-order valence-electron chi connectivity index (χ1n) is 8.06. The van der Waals surface area contributed by atoms with Crippen LogP contribution in [0.3, 0.4) is 0 Å². The van der Waals surface area contributed by atoms with Crippen molar-refractivity contribution in [2.45, 2.75) is 0 Å².